The van der Waals surface area contributed by atoms with E-state index >= 15 is 0 Å². The minimum absolute atomic E-state index is 0.000833. The summed E-state index contributed by atoms with van der Waals surface area (Å²) in [6.07, 6.45) is 0. The van der Waals surface area contributed by atoms with Crippen molar-refractivity contribution in [2.75, 3.05) is 5.73 Å². The maximum atomic E-state index is 10.9. The third-order valence-corrected chi connectivity index (χ3v) is 3.87. The summed E-state index contributed by atoms with van der Waals surface area (Å²) in [6, 6.07) is 4.94. The van der Waals surface area contributed by atoms with Crippen molar-refractivity contribution in [2.24, 2.45) is 5.14 Å². The molecule has 16 nitrogen and oxygen atoms in total. The maximum Gasteiger partial charge on any atom is 0.278 e. The normalized spacial score (nSPS) is 10.4. The largest absolute Gasteiger partial charge is 0.398 e. The van der Waals surface area contributed by atoms with Gasteiger partial charge in [-0.2, -0.15) is 0 Å². The van der Waals surface area contributed by atoms with E-state index in [0.717, 1.165) is 18.2 Å². The quantitative estimate of drug-likeness (QED) is 0.387. The SMILES string of the molecule is NS(=O)(=O)c1cc([N+](=O)[O-])cc([N+](=O)[O-])c1.Nc1cc([N+](=O)[O-])cc([N+](=O)[O-])c1. The number of non-ortho nitro benzene ring substituents is 4. The van der Waals surface area contributed by atoms with Gasteiger partial charge in [0.05, 0.1) is 36.7 Å². The molecule has 2 aromatic rings. The molecule has 0 bridgehead atoms. The Morgan fingerprint density at radius 3 is 1.14 bits per heavy atom. The van der Waals surface area contributed by atoms with Crippen LogP contribution in [0.3, 0.4) is 0 Å². The van der Waals surface area contributed by atoms with Crippen LogP contribution in [0.4, 0.5) is 28.4 Å². The number of sulfonamides is 1. The molecule has 0 heterocycles. The lowest BCUT2D eigenvalue weighted by Crippen LogP contribution is -2.12. The predicted molar refractivity (Wildman–Crippen MR) is 95.3 cm³/mol. The number of rotatable bonds is 5. The van der Waals surface area contributed by atoms with Crippen LogP contribution in [0.2, 0.25) is 0 Å². The molecule has 0 aliphatic heterocycles. The van der Waals surface area contributed by atoms with Gasteiger partial charge in [0.2, 0.25) is 10.0 Å². The van der Waals surface area contributed by atoms with E-state index < -0.39 is 46.0 Å². The Labute approximate surface area is 160 Å². The number of anilines is 1. The number of nitrogens with two attached hydrogens (primary N) is 2. The van der Waals surface area contributed by atoms with E-state index in [4.69, 9.17) is 10.9 Å². The van der Waals surface area contributed by atoms with Gasteiger partial charge < -0.3 is 5.73 Å². The molecular formula is C12H10N6O10S. The molecule has 17 heteroatoms. The van der Waals surface area contributed by atoms with Crippen molar-refractivity contribution in [1.82, 2.24) is 0 Å². The van der Waals surface area contributed by atoms with E-state index in [-0.39, 0.29) is 17.1 Å². The monoisotopic (exact) mass is 430 g/mol. The van der Waals surface area contributed by atoms with Crippen LogP contribution in [0.5, 0.6) is 0 Å². The van der Waals surface area contributed by atoms with Gasteiger partial charge in [0.15, 0.2) is 0 Å². The molecule has 0 saturated heterocycles. The first kappa shape index (κ1) is 22.8. The second-order valence-corrected chi connectivity index (χ2v) is 6.60. The van der Waals surface area contributed by atoms with Crippen LogP contribution in [-0.2, 0) is 10.0 Å². The van der Waals surface area contributed by atoms with E-state index in [9.17, 15) is 48.9 Å². The molecule has 0 aliphatic carbocycles. The standard InChI is InChI=1S/C6H5N3O6S.C6H5N3O4/c7-16(14,15)6-2-4(8(10)11)1-5(3-6)9(12)13;7-4-1-5(8(10)11)3-6(2-4)9(12)13/h1-3H,(H2,7,14,15);1-3H,7H2. The van der Waals surface area contributed by atoms with E-state index in [1.807, 2.05) is 0 Å². The molecular weight excluding hydrogens is 420 g/mol. The van der Waals surface area contributed by atoms with Crippen LogP contribution < -0.4 is 10.9 Å². The number of benzene rings is 2. The summed E-state index contributed by atoms with van der Waals surface area (Å²) in [5.74, 6) is 0. The lowest BCUT2D eigenvalue weighted by atomic mass is 10.2. The molecule has 29 heavy (non-hydrogen) atoms. The van der Waals surface area contributed by atoms with E-state index in [1.54, 1.807) is 0 Å². The number of nitrogens with zero attached hydrogens (tertiary/aromatic N) is 4. The molecule has 0 amide bonds. The Morgan fingerprint density at radius 1 is 0.621 bits per heavy atom. The molecule has 0 radical (unpaired) electrons. The highest BCUT2D eigenvalue weighted by Gasteiger charge is 2.21. The minimum atomic E-state index is -4.22. The van der Waals surface area contributed by atoms with Gasteiger partial charge in [-0.25, -0.2) is 13.6 Å². The van der Waals surface area contributed by atoms with Gasteiger partial charge in [0.25, 0.3) is 22.7 Å². The van der Waals surface area contributed by atoms with Crippen LogP contribution in [0.15, 0.2) is 41.3 Å². The second kappa shape index (κ2) is 8.63. The predicted octanol–water partition coefficient (Wildman–Crippen LogP) is 1.24. The summed E-state index contributed by atoms with van der Waals surface area (Å²) in [6.45, 7) is 0. The first-order valence-electron chi connectivity index (χ1n) is 6.88. The summed E-state index contributed by atoms with van der Waals surface area (Å²) in [4.78, 5) is 37.3. The van der Waals surface area contributed by atoms with E-state index in [1.165, 1.54) is 0 Å². The van der Waals surface area contributed by atoms with Crippen LogP contribution in [0, 0.1) is 40.5 Å². The number of nitrogen functional groups attached to an aromatic ring is 1. The molecule has 2 aromatic carbocycles. The number of hydrogen-bond acceptors (Lipinski definition) is 11. The molecule has 154 valence electrons. The average molecular weight is 430 g/mol. The highest BCUT2D eigenvalue weighted by molar-refractivity contribution is 7.89. The van der Waals surface area contributed by atoms with Crippen molar-refractivity contribution >= 4 is 38.5 Å². The average Bonchev–Trinajstić information content (AvgIpc) is 2.60. The van der Waals surface area contributed by atoms with Gasteiger partial charge in [0.1, 0.15) is 0 Å². The van der Waals surface area contributed by atoms with Crippen molar-refractivity contribution in [3.8, 4) is 0 Å². The fraction of sp³-hybridized carbons (Fsp3) is 0. The molecule has 0 fully saturated rings. The van der Waals surface area contributed by atoms with Crippen molar-refractivity contribution in [3.05, 3.63) is 76.9 Å². The molecule has 0 aliphatic rings. The zero-order valence-electron chi connectivity index (χ0n) is 13.9. The molecule has 0 aromatic heterocycles. The van der Waals surface area contributed by atoms with Crippen molar-refractivity contribution in [1.29, 1.82) is 0 Å². The fourth-order valence-corrected chi connectivity index (χ4v) is 2.34. The third-order valence-electron chi connectivity index (χ3n) is 2.97. The van der Waals surface area contributed by atoms with Crippen molar-refractivity contribution < 1.29 is 28.1 Å². The summed E-state index contributed by atoms with van der Waals surface area (Å²) < 4.78 is 21.8. The fourth-order valence-electron chi connectivity index (χ4n) is 1.77. The summed E-state index contributed by atoms with van der Waals surface area (Å²) >= 11 is 0. The lowest BCUT2D eigenvalue weighted by molar-refractivity contribution is -0.394. The number of primary sulfonamides is 1. The van der Waals surface area contributed by atoms with Gasteiger partial charge in [-0.15, -0.1) is 0 Å². The van der Waals surface area contributed by atoms with Crippen molar-refractivity contribution in [2.45, 2.75) is 4.90 Å². The number of nitro benzene ring substituents is 4. The molecule has 0 atom stereocenters. The first-order valence-corrected chi connectivity index (χ1v) is 8.43. The number of hydrogen-bond donors (Lipinski definition) is 2. The zero-order chi connectivity index (χ0) is 22.5. The Morgan fingerprint density at radius 2 is 0.897 bits per heavy atom. The smallest absolute Gasteiger partial charge is 0.278 e. The van der Waals surface area contributed by atoms with Crippen LogP contribution in [0.25, 0.3) is 0 Å². The molecule has 0 unspecified atom stereocenters. The first-order chi connectivity index (χ1) is 13.2. The second-order valence-electron chi connectivity index (χ2n) is 5.04. The molecule has 0 saturated carbocycles. The van der Waals surface area contributed by atoms with Gasteiger partial charge in [-0.05, 0) is 0 Å². The minimum Gasteiger partial charge on any atom is -0.398 e. The Bertz CT molecular complexity index is 1050. The lowest BCUT2D eigenvalue weighted by Gasteiger charge is -1.98. The van der Waals surface area contributed by atoms with Crippen LogP contribution in [0.1, 0.15) is 0 Å². The highest BCUT2D eigenvalue weighted by Crippen LogP contribution is 2.25. The van der Waals surface area contributed by atoms with Gasteiger partial charge >= 0.3 is 0 Å². The molecule has 0 spiro atoms. The highest BCUT2D eigenvalue weighted by atomic mass is 32.2. The Hall–Kier alpha value is -4.25. The summed E-state index contributed by atoms with van der Waals surface area (Å²) in [5, 5.41) is 46.0. The topological polar surface area (TPSA) is 259 Å². The van der Waals surface area contributed by atoms with Crippen molar-refractivity contribution in [3.63, 3.8) is 0 Å². The summed E-state index contributed by atoms with van der Waals surface area (Å²) in [5.41, 5.74) is 3.04. The van der Waals surface area contributed by atoms with Crippen LogP contribution >= 0.6 is 0 Å². The molecule has 2 rings (SSSR count). The molecule has 4 N–H and O–H groups in total. The van der Waals surface area contributed by atoms with Gasteiger partial charge in [-0.3, -0.25) is 40.5 Å². The van der Waals surface area contributed by atoms with Crippen LogP contribution in [-0.4, -0.2) is 28.1 Å². The van der Waals surface area contributed by atoms with E-state index in [2.05, 4.69) is 0 Å². The van der Waals surface area contributed by atoms with Gasteiger partial charge in [-0.1, -0.05) is 0 Å². The van der Waals surface area contributed by atoms with Gasteiger partial charge in [0, 0.05) is 30.0 Å². The third kappa shape index (κ3) is 6.45. The number of nitro groups is 4. The van der Waals surface area contributed by atoms with E-state index in [0.29, 0.717) is 18.2 Å². The maximum absolute atomic E-state index is 10.9. The Kier molecular flexibility index (Phi) is 6.78. The summed E-state index contributed by atoms with van der Waals surface area (Å²) in [7, 11) is -4.22. The zero-order valence-corrected chi connectivity index (χ0v) is 14.7. The Balaban J connectivity index is 0.000000296.